The van der Waals surface area contributed by atoms with Crippen molar-refractivity contribution in [3.05, 3.63) is 35.9 Å². The lowest BCUT2D eigenvalue weighted by Crippen LogP contribution is -2.50. The van der Waals surface area contributed by atoms with Crippen LogP contribution in [0.4, 0.5) is 0 Å². The fraction of sp³-hybridized carbons (Fsp3) is 0.632. The molecule has 1 aliphatic heterocycles. The van der Waals surface area contributed by atoms with E-state index in [1.165, 1.54) is 24.8 Å². The van der Waals surface area contributed by atoms with Gasteiger partial charge in [0.2, 0.25) is 5.91 Å². The lowest BCUT2D eigenvalue weighted by molar-refractivity contribution is -0.127. The number of nitrogens with one attached hydrogen (secondary N) is 1. The molecule has 0 bridgehead atoms. The van der Waals surface area contributed by atoms with Gasteiger partial charge in [-0.2, -0.15) is 0 Å². The maximum Gasteiger partial charge on any atom is 0.237 e. The summed E-state index contributed by atoms with van der Waals surface area (Å²) in [4.78, 5) is 14.6. The Morgan fingerprint density at radius 1 is 1.23 bits per heavy atom. The second-order valence-electron chi connectivity index (χ2n) is 6.66. The van der Waals surface area contributed by atoms with Crippen LogP contribution in [0.2, 0.25) is 0 Å². The van der Waals surface area contributed by atoms with Crippen molar-refractivity contribution in [2.45, 2.75) is 58.5 Å². The van der Waals surface area contributed by atoms with Gasteiger partial charge in [0, 0.05) is 6.04 Å². The van der Waals surface area contributed by atoms with Crippen LogP contribution in [-0.4, -0.2) is 36.0 Å². The minimum absolute atomic E-state index is 0.00771. The van der Waals surface area contributed by atoms with E-state index in [1.54, 1.807) is 0 Å². The highest BCUT2D eigenvalue weighted by molar-refractivity contribution is 5.81. The lowest BCUT2D eigenvalue weighted by Gasteiger charge is -2.35. The molecule has 1 fully saturated rings. The van der Waals surface area contributed by atoms with Crippen molar-refractivity contribution in [1.29, 1.82) is 0 Å². The monoisotopic (exact) mass is 302 g/mol. The Morgan fingerprint density at radius 3 is 2.45 bits per heavy atom. The minimum atomic E-state index is -0.00771. The average molecular weight is 302 g/mol. The van der Waals surface area contributed by atoms with E-state index in [9.17, 15) is 4.79 Å². The Kier molecular flexibility index (Phi) is 6.44. The number of carbonyl (C=O) groups is 1. The number of hydrogen-bond donors (Lipinski definition) is 1. The number of benzene rings is 1. The summed E-state index contributed by atoms with van der Waals surface area (Å²) >= 11 is 0. The molecule has 2 rings (SSSR count). The summed E-state index contributed by atoms with van der Waals surface area (Å²) in [5, 5.41) is 3.10. The van der Waals surface area contributed by atoms with Crippen LogP contribution in [0.3, 0.4) is 0 Å². The van der Waals surface area contributed by atoms with Gasteiger partial charge >= 0.3 is 0 Å². The first-order chi connectivity index (χ1) is 10.6. The van der Waals surface area contributed by atoms with E-state index in [-0.39, 0.29) is 18.0 Å². The second-order valence-corrected chi connectivity index (χ2v) is 6.66. The number of carbonyl (C=O) groups excluding carboxylic acids is 1. The highest BCUT2D eigenvalue weighted by Crippen LogP contribution is 2.22. The smallest absolute Gasteiger partial charge is 0.237 e. The first-order valence-electron chi connectivity index (χ1n) is 8.68. The van der Waals surface area contributed by atoms with Crippen LogP contribution < -0.4 is 5.32 Å². The maximum absolute atomic E-state index is 12.2. The van der Waals surface area contributed by atoms with E-state index in [2.05, 4.69) is 54.4 Å². The predicted octanol–water partition coefficient (Wildman–Crippen LogP) is 3.24. The van der Waals surface area contributed by atoms with E-state index in [0.717, 1.165) is 25.4 Å². The maximum atomic E-state index is 12.2. The normalized spacial score (nSPS) is 19.6. The van der Waals surface area contributed by atoms with Gasteiger partial charge in [-0.25, -0.2) is 0 Å². The van der Waals surface area contributed by atoms with Crippen LogP contribution in [0.15, 0.2) is 30.3 Å². The summed E-state index contributed by atoms with van der Waals surface area (Å²) in [5.74, 6) is 0.930. The molecule has 1 aliphatic rings. The fourth-order valence-electron chi connectivity index (χ4n) is 3.12. The third-order valence-electron chi connectivity index (χ3n) is 4.94. The van der Waals surface area contributed by atoms with Gasteiger partial charge in [0.15, 0.2) is 0 Å². The van der Waals surface area contributed by atoms with Crippen LogP contribution >= 0.6 is 0 Å². The Morgan fingerprint density at radius 2 is 1.86 bits per heavy atom. The van der Waals surface area contributed by atoms with Crippen LogP contribution in [0.25, 0.3) is 0 Å². The topological polar surface area (TPSA) is 32.3 Å². The minimum Gasteiger partial charge on any atom is -0.352 e. The van der Waals surface area contributed by atoms with Crippen molar-refractivity contribution in [2.24, 2.45) is 5.92 Å². The molecule has 1 amide bonds. The van der Waals surface area contributed by atoms with Crippen LogP contribution in [0.1, 0.15) is 45.6 Å². The van der Waals surface area contributed by atoms with Gasteiger partial charge in [0.25, 0.3) is 0 Å². The summed E-state index contributed by atoms with van der Waals surface area (Å²) < 4.78 is 0. The SMILES string of the molecule is CC[C@@H](C)NC(=O)[C@@H](C)N1CCC(Cc2ccccc2)CC1. The summed E-state index contributed by atoms with van der Waals surface area (Å²) in [6, 6.07) is 11.0. The van der Waals surface area contributed by atoms with Gasteiger partial charge in [-0.3, -0.25) is 9.69 Å². The van der Waals surface area contributed by atoms with Crippen molar-refractivity contribution in [2.75, 3.05) is 13.1 Å². The van der Waals surface area contributed by atoms with E-state index >= 15 is 0 Å². The number of hydrogen-bond acceptors (Lipinski definition) is 2. The fourth-order valence-corrected chi connectivity index (χ4v) is 3.12. The van der Waals surface area contributed by atoms with Crippen molar-refractivity contribution in [3.63, 3.8) is 0 Å². The predicted molar refractivity (Wildman–Crippen MR) is 91.8 cm³/mol. The summed E-state index contributed by atoms with van der Waals surface area (Å²) in [6.07, 6.45) is 4.53. The lowest BCUT2D eigenvalue weighted by atomic mass is 9.89. The Labute approximate surface area is 135 Å². The zero-order valence-corrected chi connectivity index (χ0v) is 14.2. The highest BCUT2D eigenvalue weighted by Gasteiger charge is 2.26. The molecule has 122 valence electrons. The molecule has 1 heterocycles. The molecule has 0 unspecified atom stereocenters. The van der Waals surface area contributed by atoms with Crippen LogP contribution in [0, 0.1) is 5.92 Å². The standard InChI is InChI=1S/C19H30N2O/c1-4-15(2)20-19(22)16(3)21-12-10-18(11-13-21)14-17-8-6-5-7-9-17/h5-9,15-16,18H,4,10-14H2,1-3H3,(H,20,22)/t15-,16-/m1/s1. The van der Waals surface area contributed by atoms with Gasteiger partial charge in [0.1, 0.15) is 0 Å². The third-order valence-corrected chi connectivity index (χ3v) is 4.94. The van der Waals surface area contributed by atoms with Crippen molar-refractivity contribution < 1.29 is 4.79 Å². The van der Waals surface area contributed by atoms with Gasteiger partial charge < -0.3 is 5.32 Å². The summed E-state index contributed by atoms with van der Waals surface area (Å²) in [5.41, 5.74) is 1.43. The number of piperidine rings is 1. The summed E-state index contributed by atoms with van der Waals surface area (Å²) in [7, 11) is 0. The van der Waals surface area contributed by atoms with Gasteiger partial charge in [-0.1, -0.05) is 37.3 Å². The quantitative estimate of drug-likeness (QED) is 0.875. The molecule has 3 heteroatoms. The van der Waals surface area contributed by atoms with E-state index in [1.807, 2.05) is 6.92 Å². The third kappa shape index (κ3) is 4.84. The number of likely N-dealkylation sites (tertiary alicyclic amines) is 1. The first kappa shape index (κ1) is 17.0. The van der Waals surface area contributed by atoms with E-state index in [0.29, 0.717) is 0 Å². The Bertz CT molecular complexity index is 452. The second kappa shape index (κ2) is 8.33. The number of rotatable bonds is 6. The number of amides is 1. The number of nitrogens with zero attached hydrogens (tertiary/aromatic N) is 1. The average Bonchev–Trinajstić information content (AvgIpc) is 2.55. The van der Waals surface area contributed by atoms with Gasteiger partial charge in [0.05, 0.1) is 6.04 Å². The molecular weight excluding hydrogens is 272 g/mol. The van der Waals surface area contributed by atoms with E-state index < -0.39 is 0 Å². The Balaban J connectivity index is 1.77. The Hall–Kier alpha value is -1.35. The molecule has 0 aliphatic carbocycles. The molecule has 0 radical (unpaired) electrons. The van der Waals surface area contributed by atoms with Crippen LogP contribution in [-0.2, 0) is 11.2 Å². The molecule has 0 saturated carbocycles. The first-order valence-corrected chi connectivity index (χ1v) is 8.68. The molecule has 0 aromatic heterocycles. The molecule has 2 atom stereocenters. The molecular formula is C19H30N2O. The highest BCUT2D eigenvalue weighted by atomic mass is 16.2. The molecule has 3 nitrogen and oxygen atoms in total. The van der Waals surface area contributed by atoms with E-state index in [4.69, 9.17) is 0 Å². The van der Waals surface area contributed by atoms with Crippen molar-refractivity contribution in [3.8, 4) is 0 Å². The van der Waals surface area contributed by atoms with Crippen molar-refractivity contribution >= 4 is 5.91 Å². The van der Waals surface area contributed by atoms with Gasteiger partial charge in [-0.05, 0) is 64.1 Å². The van der Waals surface area contributed by atoms with Crippen molar-refractivity contribution in [1.82, 2.24) is 10.2 Å². The summed E-state index contributed by atoms with van der Waals surface area (Å²) in [6.45, 7) is 8.27. The molecule has 1 aromatic carbocycles. The molecule has 1 N–H and O–H groups in total. The molecule has 0 spiro atoms. The van der Waals surface area contributed by atoms with Gasteiger partial charge in [-0.15, -0.1) is 0 Å². The molecule has 22 heavy (non-hydrogen) atoms. The molecule has 1 aromatic rings. The molecule has 1 saturated heterocycles. The van der Waals surface area contributed by atoms with Crippen LogP contribution in [0.5, 0.6) is 0 Å². The largest absolute Gasteiger partial charge is 0.352 e. The zero-order valence-electron chi connectivity index (χ0n) is 14.2. The zero-order chi connectivity index (χ0) is 15.9.